The van der Waals surface area contributed by atoms with Crippen LogP contribution in [-0.4, -0.2) is 39.4 Å². The summed E-state index contributed by atoms with van der Waals surface area (Å²) in [4.78, 5) is 10.3. The number of anilines is 1. The molecule has 0 aliphatic carbocycles. The fourth-order valence-corrected chi connectivity index (χ4v) is 3.24. The quantitative estimate of drug-likeness (QED) is 0.657. The van der Waals surface area contributed by atoms with Crippen molar-refractivity contribution >= 4 is 21.2 Å². The van der Waals surface area contributed by atoms with Crippen LogP contribution in [0.1, 0.15) is 12.8 Å². The highest BCUT2D eigenvalue weighted by Gasteiger charge is 2.26. The second-order valence-electron chi connectivity index (χ2n) is 5.15. The molecule has 1 unspecified atom stereocenters. The van der Waals surface area contributed by atoms with E-state index >= 15 is 0 Å². The van der Waals surface area contributed by atoms with Gasteiger partial charge < -0.3 is 10.1 Å². The number of nitrogens with zero attached hydrogens (tertiary/aromatic N) is 1. The molecule has 0 saturated carbocycles. The lowest BCUT2D eigenvalue weighted by molar-refractivity contribution is -0.386. The van der Waals surface area contributed by atoms with Gasteiger partial charge in [0.15, 0.2) is 9.84 Å². The third-order valence-corrected chi connectivity index (χ3v) is 4.55. The van der Waals surface area contributed by atoms with E-state index in [1.807, 2.05) is 0 Å². The summed E-state index contributed by atoms with van der Waals surface area (Å²) in [6, 6.07) is 4.28. The maximum Gasteiger partial charge on any atom is 0.310 e. The summed E-state index contributed by atoms with van der Waals surface area (Å²) in [6.45, 7) is 1.89. The van der Waals surface area contributed by atoms with Gasteiger partial charge in [0, 0.05) is 19.4 Å². The number of nitro benzene ring substituents is 1. The Labute approximate surface area is 123 Å². The maximum atomic E-state index is 11.7. The zero-order chi connectivity index (χ0) is 15.5. The molecule has 1 aromatic carbocycles. The SMILES string of the molecule is CS(=O)(=O)c1cccc(NCC2CCCOC2)c1[N+](=O)[O-]. The smallest absolute Gasteiger partial charge is 0.310 e. The Balaban J connectivity index is 2.24. The zero-order valence-electron chi connectivity index (χ0n) is 11.7. The molecule has 8 heteroatoms. The van der Waals surface area contributed by atoms with Gasteiger partial charge in [-0.05, 0) is 30.9 Å². The van der Waals surface area contributed by atoms with Crippen molar-refractivity contribution in [3.05, 3.63) is 28.3 Å². The van der Waals surface area contributed by atoms with Crippen molar-refractivity contribution in [2.45, 2.75) is 17.7 Å². The van der Waals surface area contributed by atoms with E-state index in [1.54, 1.807) is 0 Å². The molecule has 1 heterocycles. The number of sulfone groups is 1. The Hall–Kier alpha value is -1.67. The Kier molecular flexibility index (Phi) is 4.79. The number of hydrogen-bond acceptors (Lipinski definition) is 6. The van der Waals surface area contributed by atoms with Gasteiger partial charge in [0.25, 0.3) is 0 Å². The first-order valence-electron chi connectivity index (χ1n) is 6.68. The third-order valence-electron chi connectivity index (χ3n) is 3.42. The minimum absolute atomic E-state index is 0.230. The number of nitrogens with one attached hydrogen (secondary N) is 1. The first-order valence-corrected chi connectivity index (χ1v) is 8.58. The van der Waals surface area contributed by atoms with Gasteiger partial charge in [0.1, 0.15) is 10.6 Å². The van der Waals surface area contributed by atoms with E-state index in [-0.39, 0.29) is 16.5 Å². The molecule has 2 rings (SSSR count). The van der Waals surface area contributed by atoms with Gasteiger partial charge in [-0.3, -0.25) is 10.1 Å². The van der Waals surface area contributed by atoms with Crippen molar-refractivity contribution in [3.63, 3.8) is 0 Å². The van der Waals surface area contributed by atoms with Crippen LogP contribution in [-0.2, 0) is 14.6 Å². The Morgan fingerprint density at radius 2 is 2.24 bits per heavy atom. The normalized spacial score (nSPS) is 19.2. The molecule has 7 nitrogen and oxygen atoms in total. The van der Waals surface area contributed by atoms with Gasteiger partial charge in [-0.1, -0.05) is 6.07 Å². The first-order chi connectivity index (χ1) is 9.89. The van der Waals surface area contributed by atoms with E-state index in [2.05, 4.69) is 5.32 Å². The summed E-state index contributed by atoms with van der Waals surface area (Å²) in [7, 11) is -3.65. The summed E-state index contributed by atoms with van der Waals surface area (Å²) in [6.07, 6.45) is 2.93. The van der Waals surface area contributed by atoms with Gasteiger partial charge in [0.2, 0.25) is 0 Å². The third kappa shape index (κ3) is 3.92. The van der Waals surface area contributed by atoms with Crippen molar-refractivity contribution < 1.29 is 18.1 Å². The molecule has 1 fully saturated rings. The molecule has 116 valence electrons. The summed E-state index contributed by atoms with van der Waals surface area (Å²) in [5, 5.41) is 14.2. The van der Waals surface area contributed by atoms with Gasteiger partial charge in [0.05, 0.1) is 11.5 Å². The maximum absolute atomic E-state index is 11.7. The first kappa shape index (κ1) is 15.7. The number of benzene rings is 1. The zero-order valence-corrected chi connectivity index (χ0v) is 12.6. The molecule has 0 radical (unpaired) electrons. The van der Waals surface area contributed by atoms with Crippen molar-refractivity contribution in [2.75, 3.05) is 31.3 Å². The molecule has 1 aliphatic heterocycles. The van der Waals surface area contributed by atoms with Crippen molar-refractivity contribution in [2.24, 2.45) is 5.92 Å². The lowest BCUT2D eigenvalue weighted by atomic mass is 10.0. The Morgan fingerprint density at radius 3 is 2.81 bits per heavy atom. The molecule has 0 aromatic heterocycles. The predicted molar refractivity (Wildman–Crippen MR) is 78.2 cm³/mol. The average Bonchev–Trinajstić information content (AvgIpc) is 2.44. The lowest BCUT2D eigenvalue weighted by Crippen LogP contribution is -2.24. The highest BCUT2D eigenvalue weighted by Crippen LogP contribution is 2.32. The van der Waals surface area contributed by atoms with Crippen molar-refractivity contribution in [3.8, 4) is 0 Å². The average molecular weight is 314 g/mol. The second kappa shape index (κ2) is 6.40. The monoisotopic (exact) mass is 314 g/mol. The van der Waals surface area contributed by atoms with Crippen LogP contribution < -0.4 is 5.32 Å². The molecule has 1 atom stereocenters. The van der Waals surface area contributed by atoms with Crippen LogP contribution in [0.2, 0.25) is 0 Å². The van der Waals surface area contributed by atoms with Crippen LogP contribution in [0.4, 0.5) is 11.4 Å². The molecular formula is C13H18N2O5S. The predicted octanol–water partition coefficient (Wildman–Crippen LogP) is 1.84. The van der Waals surface area contributed by atoms with Gasteiger partial charge in [-0.15, -0.1) is 0 Å². The second-order valence-corrected chi connectivity index (χ2v) is 7.13. The number of rotatable bonds is 5. The van der Waals surface area contributed by atoms with Crippen molar-refractivity contribution in [1.29, 1.82) is 0 Å². The molecule has 1 N–H and O–H groups in total. The molecule has 1 saturated heterocycles. The van der Waals surface area contributed by atoms with E-state index in [0.29, 0.717) is 13.2 Å². The summed E-state index contributed by atoms with van der Waals surface area (Å²) < 4.78 is 28.7. The van der Waals surface area contributed by atoms with E-state index in [0.717, 1.165) is 25.7 Å². The Morgan fingerprint density at radius 1 is 1.48 bits per heavy atom. The molecule has 0 amide bonds. The number of para-hydroxylation sites is 1. The summed E-state index contributed by atoms with van der Waals surface area (Å²) in [5.41, 5.74) is -0.162. The summed E-state index contributed by atoms with van der Waals surface area (Å²) in [5.74, 6) is 0.278. The van der Waals surface area contributed by atoms with Crippen molar-refractivity contribution in [1.82, 2.24) is 0 Å². The van der Waals surface area contributed by atoms with Crippen LogP contribution in [0.3, 0.4) is 0 Å². The van der Waals surface area contributed by atoms with Gasteiger partial charge >= 0.3 is 5.69 Å². The molecule has 1 aromatic rings. The molecular weight excluding hydrogens is 296 g/mol. The summed E-state index contributed by atoms with van der Waals surface area (Å²) >= 11 is 0. The lowest BCUT2D eigenvalue weighted by Gasteiger charge is -2.22. The van der Waals surface area contributed by atoms with Crippen LogP contribution >= 0.6 is 0 Å². The van der Waals surface area contributed by atoms with Crippen LogP contribution in [0, 0.1) is 16.0 Å². The number of nitro groups is 1. The molecule has 21 heavy (non-hydrogen) atoms. The minimum atomic E-state index is -3.65. The Bertz CT molecular complexity index is 623. The van der Waals surface area contributed by atoms with Crippen LogP contribution in [0.5, 0.6) is 0 Å². The van der Waals surface area contributed by atoms with Crippen LogP contribution in [0.15, 0.2) is 23.1 Å². The number of hydrogen-bond donors (Lipinski definition) is 1. The number of ether oxygens (including phenoxy) is 1. The standard InChI is InChI=1S/C13H18N2O5S/c1-21(18,19)12-6-2-5-11(13(12)15(16)17)14-8-10-4-3-7-20-9-10/h2,5-6,10,14H,3-4,7-9H2,1H3. The fraction of sp³-hybridized carbons (Fsp3) is 0.538. The molecule has 0 bridgehead atoms. The molecule has 0 spiro atoms. The van der Waals surface area contributed by atoms with Crippen LogP contribution in [0.25, 0.3) is 0 Å². The van der Waals surface area contributed by atoms with E-state index in [4.69, 9.17) is 4.74 Å². The topological polar surface area (TPSA) is 98.5 Å². The fourth-order valence-electron chi connectivity index (χ4n) is 2.38. The molecule has 1 aliphatic rings. The van der Waals surface area contributed by atoms with Gasteiger partial charge in [-0.25, -0.2) is 8.42 Å². The van der Waals surface area contributed by atoms with E-state index in [9.17, 15) is 18.5 Å². The van der Waals surface area contributed by atoms with E-state index < -0.39 is 20.4 Å². The van der Waals surface area contributed by atoms with E-state index in [1.165, 1.54) is 18.2 Å². The highest BCUT2D eigenvalue weighted by molar-refractivity contribution is 7.90. The largest absolute Gasteiger partial charge is 0.381 e. The highest BCUT2D eigenvalue weighted by atomic mass is 32.2. The minimum Gasteiger partial charge on any atom is -0.381 e. The van der Waals surface area contributed by atoms with Gasteiger partial charge in [-0.2, -0.15) is 0 Å².